The highest BCUT2D eigenvalue weighted by Gasteiger charge is 2.71. The number of carbonyl (C=O) groups excluding carboxylic acids is 3. The molecule has 1 amide bonds. The Morgan fingerprint density at radius 2 is 1.68 bits per heavy atom. The number of β-lactam (4-membered cyclic amide) rings is 1. The molecular weight excluding hydrogens is 472 g/mol. The highest BCUT2D eigenvalue weighted by atomic mass is 16.2. The second-order valence-corrected chi connectivity index (χ2v) is 15.1. The third-order valence-electron chi connectivity index (χ3n) is 13.6. The van der Waals surface area contributed by atoms with E-state index in [1.54, 1.807) is 0 Å². The van der Waals surface area contributed by atoms with Crippen LogP contribution in [0.25, 0.3) is 0 Å². The van der Waals surface area contributed by atoms with Gasteiger partial charge in [-0.25, -0.2) is 0 Å². The molecule has 5 aliphatic carbocycles. The monoisotopic (exact) mass is 516 g/mol. The molecule has 1 aliphatic heterocycles. The molecular formula is C33H44N2O3. The Labute approximate surface area is 228 Å². The second-order valence-electron chi connectivity index (χ2n) is 15.1. The quantitative estimate of drug-likeness (QED) is 0.398. The highest BCUT2D eigenvalue weighted by molar-refractivity contribution is 6.04. The number of allylic oxidation sites excluding steroid dienone is 4. The van der Waals surface area contributed by atoms with Gasteiger partial charge in [0.15, 0.2) is 11.6 Å². The van der Waals surface area contributed by atoms with Gasteiger partial charge in [0, 0.05) is 35.3 Å². The van der Waals surface area contributed by atoms with Crippen molar-refractivity contribution < 1.29 is 14.4 Å². The summed E-state index contributed by atoms with van der Waals surface area (Å²) in [4.78, 5) is 42.9. The Morgan fingerprint density at radius 3 is 2.29 bits per heavy atom. The number of nitriles is 1. The van der Waals surface area contributed by atoms with E-state index in [0.717, 1.165) is 50.6 Å². The Balaban J connectivity index is 1.53. The lowest BCUT2D eigenvalue weighted by Crippen LogP contribution is -2.73. The van der Waals surface area contributed by atoms with Crippen molar-refractivity contribution in [3.05, 3.63) is 23.3 Å². The summed E-state index contributed by atoms with van der Waals surface area (Å²) >= 11 is 0. The van der Waals surface area contributed by atoms with Crippen molar-refractivity contribution in [1.29, 1.82) is 5.26 Å². The number of rotatable bonds is 1. The maximum atomic E-state index is 14.6. The van der Waals surface area contributed by atoms with Crippen molar-refractivity contribution in [2.24, 2.45) is 51.2 Å². The van der Waals surface area contributed by atoms with E-state index in [9.17, 15) is 19.6 Å². The highest BCUT2D eigenvalue weighted by Crippen LogP contribution is 2.74. The molecule has 4 fully saturated rings. The minimum atomic E-state index is -0.648. The Kier molecular flexibility index (Phi) is 5.28. The van der Waals surface area contributed by atoms with E-state index in [0.29, 0.717) is 18.3 Å². The number of likely N-dealkylation sites (tertiary alicyclic amines) is 1. The zero-order valence-electron chi connectivity index (χ0n) is 24.3. The number of hydrogen-bond acceptors (Lipinski definition) is 4. The predicted molar refractivity (Wildman–Crippen MR) is 145 cm³/mol. The van der Waals surface area contributed by atoms with Gasteiger partial charge < -0.3 is 4.90 Å². The molecule has 204 valence electrons. The van der Waals surface area contributed by atoms with Crippen molar-refractivity contribution in [2.75, 3.05) is 6.54 Å². The van der Waals surface area contributed by atoms with Crippen LogP contribution in [0.3, 0.4) is 0 Å². The number of hydrogen-bond donors (Lipinski definition) is 0. The number of fused-ring (bicyclic) bond motifs is 7. The largest absolute Gasteiger partial charge is 0.336 e. The number of ketones is 2. The summed E-state index contributed by atoms with van der Waals surface area (Å²) < 4.78 is 0. The predicted octanol–water partition coefficient (Wildman–Crippen LogP) is 6.05. The molecule has 0 aromatic heterocycles. The number of amides is 1. The van der Waals surface area contributed by atoms with Crippen molar-refractivity contribution in [2.45, 2.75) is 99.0 Å². The smallest absolute Gasteiger partial charge is 0.224 e. The normalized spacial score (nSPS) is 49.4. The van der Waals surface area contributed by atoms with Crippen molar-refractivity contribution in [1.82, 2.24) is 4.90 Å². The minimum Gasteiger partial charge on any atom is -0.336 e. The molecule has 0 radical (unpaired) electrons. The van der Waals surface area contributed by atoms with E-state index >= 15 is 0 Å². The Morgan fingerprint density at radius 1 is 0.974 bits per heavy atom. The molecule has 0 aromatic rings. The lowest BCUT2D eigenvalue weighted by molar-refractivity contribution is -0.197. The first kappa shape index (κ1) is 26.0. The molecule has 0 N–H and O–H groups in total. The van der Waals surface area contributed by atoms with Gasteiger partial charge in [-0.05, 0) is 79.1 Å². The summed E-state index contributed by atoms with van der Waals surface area (Å²) in [5.41, 5.74) is -0.416. The zero-order chi connectivity index (χ0) is 27.6. The average Bonchev–Trinajstić information content (AvgIpc) is 2.85. The van der Waals surface area contributed by atoms with Crippen LogP contribution in [0, 0.1) is 62.6 Å². The van der Waals surface area contributed by atoms with Crippen LogP contribution >= 0.6 is 0 Å². The SMILES string of the molecule is C[C@@H]1[C@H]2[C@H]3C(=O)C=C4[C@@]5(C)C=C(C#N)C(=O)C(C)(C)[C@@H]5CC[C@@]4(C)[C@]3(C)CC[C@@]2(N2CCC2=O)CC[C@H]1C. The van der Waals surface area contributed by atoms with Crippen LogP contribution in [-0.2, 0) is 14.4 Å². The maximum Gasteiger partial charge on any atom is 0.224 e. The number of nitrogens with zero attached hydrogens (tertiary/aromatic N) is 2. The zero-order valence-corrected chi connectivity index (χ0v) is 24.3. The number of Topliss-reactive ketones (excluding diaryl/α,β-unsaturated/α-hetero) is 1. The fourth-order valence-corrected chi connectivity index (χ4v) is 11.1. The van der Waals surface area contributed by atoms with Crippen LogP contribution in [0.5, 0.6) is 0 Å². The molecule has 5 nitrogen and oxygen atoms in total. The van der Waals surface area contributed by atoms with Crippen LogP contribution in [-0.4, -0.2) is 34.5 Å². The molecule has 38 heavy (non-hydrogen) atoms. The third-order valence-corrected chi connectivity index (χ3v) is 13.6. The summed E-state index contributed by atoms with van der Waals surface area (Å²) in [6.45, 7) is 16.4. The summed E-state index contributed by atoms with van der Waals surface area (Å²) in [6.07, 6.45) is 10.4. The van der Waals surface area contributed by atoms with E-state index in [4.69, 9.17) is 0 Å². The van der Waals surface area contributed by atoms with Gasteiger partial charge >= 0.3 is 0 Å². The molecule has 3 saturated carbocycles. The van der Waals surface area contributed by atoms with Gasteiger partial charge in [-0.2, -0.15) is 5.26 Å². The van der Waals surface area contributed by atoms with Crippen LogP contribution in [0.2, 0.25) is 0 Å². The minimum absolute atomic E-state index is 0.0573. The van der Waals surface area contributed by atoms with E-state index in [1.807, 2.05) is 26.0 Å². The topological polar surface area (TPSA) is 78.2 Å². The van der Waals surface area contributed by atoms with Gasteiger partial charge in [0.1, 0.15) is 6.07 Å². The van der Waals surface area contributed by atoms with Gasteiger partial charge in [0.2, 0.25) is 5.91 Å². The Bertz CT molecular complexity index is 1250. The van der Waals surface area contributed by atoms with Crippen LogP contribution in [0.1, 0.15) is 93.4 Å². The van der Waals surface area contributed by atoms with Gasteiger partial charge in [-0.3, -0.25) is 14.4 Å². The molecule has 0 bridgehead atoms. The molecule has 6 rings (SSSR count). The summed E-state index contributed by atoms with van der Waals surface area (Å²) in [6, 6.07) is 2.20. The van der Waals surface area contributed by atoms with Crippen LogP contribution in [0.4, 0.5) is 0 Å². The maximum absolute atomic E-state index is 14.6. The summed E-state index contributed by atoms with van der Waals surface area (Å²) in [5.74, 6) is 1.41. The molecule has 0 aromatic carbocycles. The fourth-order valence-electron chi connectivity index (χ4n) is 11.1. The van der Waals surface area contributed by atoms with E-state index in [2.05, 4.69) is 45.6 Å². The first-order valence-corrected chi connectivity index (χ1v) is 14.9. The van der Waals surface area contributed by atoms with E-state index in [1.165, 1.54) is 0 Å². The molecule has 5 heteroatoms. The van der Waals surface area contributed by atoms with E-state index in [-0.39, 0.29) is 57.2 Å². The Hall–Kier alpha value is -2.22. The van der Waals surface area contributed by atoms with Crippen molar-refractivity contribution in [3.8, 4) is 6.07 Å². The number of carbonyl (C=O) groups is 3. The average molecular weight is 517 g/mol. The third kappa shape index (κ3) is 2.80. The lowest BCUT2D eigenvalue weighted by Gasteiger charge is -2.71. The molecule has 1 saturated heterocycles. The van der Waals surface area contributed by atoms with Crippen LogP contribution in [0.15, 0.2) is 23.3 Å². The second kappa shape index (κ2) is 7.70. The fraction of sp³-hybridized carbons (Fsp3) is 0.758. The standard InChI is InChI=1S/C33H44N2O3/c1-19-8-12-33(35-15-10-25(35)37)14-13-32(7)27(26(33)20(19)2)22(36)16-24-30(5)17-21(18-34)28(38)29(3,4)23(30)9-11-31(24,32)6/h16-17,19-20,23,26-27H,8-15H2,1-7H3/t19-,20+,23+,26+,27-,30+,31-,32-,33+/m1/s1. The van der Waals surface area contributed by atoms with Crippen LogP contribution < -0.4 is 0 Å². The lowest BCUT2D eigenvalue weighted by atomic mass is 9.34. The van der Waals surface area contributed by atoms with E-state index < -0.39 is 10.8 Å². The summed E-state index contributed by atoms with van der Waals surface area (Å²) in [7, 11) is 0. The van der Waals surface area contributed by atoms with Crippen molar-refractivity contribution >= 4 is 17.5 Å². The first-order valence-electron chi connectivity index (χ1n) is 14.9. The molecule has 6 aliphatic rings. The van der Waals surface area contributed by atoms with Gasteiger partial charge in [0.25, 0.3) is 0 Å². The van der Waals surface area contributed by atoms with Crippen molar-refractivity contribution in [3.63, 3.8) is 0 Å². The molecule has 0 spiro atoms. The molecule has 0 unspecified atom stereocenters. The van der Waals surface area contributed by atoms with Gasteiger partial charge in [-0.15, -0.1) is 0 Å². The van der Waals surface area contributed by atoms with Gasteiger partial charge in [0.05, 0.1) is 5.57 Å². The first-order chi connectivity index (χ1) is 17.7. The molecule has 9 atom stereocenters. The molecule has 1 heterocycles. The summed E-state index contributed by atoms with van der Waals surface area (Å²) in [5, 5.41) is 9.91. The van der Waals surface area contributed by atoms with Gasteiger partial charge in [-0.1, -0.05) is 60.1 Å².